The van der Waals surface area contributed by atoms with Crippen LogP contribution in [0.4, 0.5) is 11.4 Å². The summed E-state index contributed by atoms with van der Waals surface area (Å²) in [5, 5.41) is 22.3. The molecular formula is C19H21N3O3S. The maximum Gasteiger partial charge on any atom is 0.335 e. The van der Waals surface area contributed by atoms with Gasteiger partial charge in [0.15, 0.2) is 5.11 Å². The first kappa shape index (κ1) is 18.0. The van der Waals surface area contributed by atoms with Gasteiger partial charge in [-0.3, -0.25) is 0 Å². The molecule has 2 aromatic carbocycles. The maximum absolute atomic E-state index is 11.0. The van der Waals surface area contributed by atoms with Crippen LogP contribution < -0.4 is 10.2 Å². The Morgan fingerprint density at radius 2 is 1.73 bits per heavy atom. The van der Waals surface area contributed by atoms with Gasteiger partial charge in [-0.15, -0.1) is 0 Å². The molecule has 0 spiro atoms. The summed E-state index contributed by atoms with van der Waals surface area (Å²) in [7, 11) is 0. The van der Waals surface area contributed by atoms with Crippen LogP contribution in [-0.4, -0.2) is 52.4 Å². The lowest BCUT2D eigenvalue weighted by molar-refractivity contribution is 0.0697. The number of thiocarbonyl (C=S) groups is 1. The van der Waals surface area contributed by atoms with Gasteiger partial charge in [0, 0.05) is 37.6 Å². The monoisotopic (exact) mass is 371 g/mol. The number of benzene rings is 2. The summed E-state index contributed by atoms with van der Waals surface area (Å²) >= 11 is 5.52. The molecule has 1 aliphatic rings. The normalized spacial score (nSPS) is 14.2. The minimum absolute atomic E-state index is 0.265. The molecule has 0 aliphatic carbocycles. The molecular weight excluding hydrogens is 350 g/mol. The van der Waals surface area contributed by atoms with Crippen LogP contribution in [0.15, 0.2) is 42.5 Å². The molecule has 3 rings (SSSR count). The molecule has 0 bridgehead atoms. The minimum Gasteiger partial charge on any atom is -0.508 e. The van der Waals surface area contributed by atoms with E-state index in [4.69, 9.17) is 17.3 Å². The van der Waals surface area contributed by atoms with E-state index >= 15 is 0 Å². The van der Waals surface area contributed by atoms with E-state index in [1.54, 1.807) is 30.3 Å². The number of nitrogens with one attached hydrogen (secondary N) is 1. The van der Waals surface area contributed by atoms with Crippen LogP contribution in [0.1, 0.15) is 15.9 Å². The molecule has 3 N–H and O–H groups in total. The third-order valence-corrected chi connectivity index (χ3v) is 4.86. The number of piperazine rings is 1. The van der Waals surface area contributed by atoms with Crippen molar-refractivity contribution in [3.8, 4) is 5.75 Å². The summed E-state index contributed by atoms with van der Waals surface area (Å²) < 4.78 is 0. The van der Waals surface area contributed by atoms with Crippen molar-refractivity contribution in [2.24, 2.45) is 0 Å². The number of aryl methyl sites for hydroxylation is 1. The van der Waals surface area contributed by atoms with E-state index in [-0.39, 0.29) is 11.3 Å². The van der Waals surface area contributed by atoms with Gasteiger partial charge in [-0.25, -0.2) is 4.79 Å². The van der Waals surface area contributed by atoms with E-state index in [0.29, 0.717) is 5.11 Å². The third kappa shape index (κ3) is 4.05. The van der Waals surface area contributed by atoms with Crippen molar-refractivity contribution in [3.63, 3.8) is 0 Å². The standard InChI is InChI=1S/C19H21N3O3S/c1-13-12-14(18(24)25)2-7-17(13)20-19(26)22-10-8-21(9-11-22)15-3-5-16(23)6-4-15/h2-7,12,23H,8-11H2,1H3,(H,20,26)(H,24,25). The van der Waals surface area contributed by atoms with E-state index in [1.165, 1.54) is 0 Å². The Morgan fingerprint density at radius 3 is 2.31 bits per heavy atom. The number of nitrogens with zero attached hydrogens (tertiary/aromatic N) is 2. The fourth-order valence-corrected chi connectivity index (χ4v) is 3.25. The van der Waals surface area contributed by atoms with Gasteiger partial charge in [0.25, 0.3) is 0 Å². The number of phenolic OH excluding ortho intramolecular Hbond substituents is 1. The molecule has 1 fully saturated rings. The Labute approximate surface area is 157 Å². The Bertz CT molecular complexity index is 815. The van der Waals surface area contributed by atoms with E-state index in [0.717, 1.165) is 43.1 Å². The van der Waals surface area contributed by atoms with Crippen LogP contribution in [-0.2, 0) is 0 Å². The van der Waals surface area contributed by atoms with Crippen molar-refractivity contribution in [1.29, 1.82) is 0 Å². The molecule has 2 aromatic rings. The highest BCUT2D eigenvalue weighted by atomic mass is 32.1. The number of rotatable bonds is 3. The Balaban J connectivity index is 1.58. The number of carboxylic acids is 1. The Kier molecular flexibility index (Phi) is 5.27. The molecule has 26 heavy (non-hydrogen) atoms. The molecule has 1 aliphatic heterocycles. The topological polar surface area (TPSA) is 76.0 Å². The van der Waals surface area contributed by atoms with Gasteiger partial charge in [-0.1, -0.05) is 0 Å². The first-order valence-corrected chi connectivity index (χ1v) is 8.79. The van der Waals surface area contributed by atoms with Crippen LogP contribution in [0, 0.1) is 6.92 Å². The summed E-state index contributed by atoms with van der Waals surface area (Å²) in [6.07, 6.45) is 0. The number of aromatic carboxylic acids is 1. The van der Waals surface area contributed by atoms with Crippen LogP contribution in [0.2, 0.25) is 0 Å². The second-order valence-corrected chi connectivity index (χ2v) is 6.64. The average molecular weight is 371 g/mol. The number of hydrogen-bond acceptors (Lipinski definition) is 4. The highest BCUT2D eigenvalue weighted by molar-refractivity contribution is 7.80. The van der Waals surface area contributed by atoms with E-state index in [2.05, 4.69) is 15.1 Å². The number of hydrogen-bond donors (Lipinski definition) is 3. The predicted octanol–water partition coefficient (Wildman–Crippen LogP) is 2.92. The largest absolute Gasteiger partial charge is 0.508 e. The molecule has 0 amide bonds. The quantitative estimate of drug-likeness (QED) is 0.716. The summed E-state index contributed by atoms with van der Waals surface area (Å²) in [6.45, 7) is 5.12. The molecule has 7 heteroatoms. The SMILES string of the molecule is Cc1cc(C(=O)O)ccc1NC(=S)N1CCN(c2ccc(O)cc2)CC1. The smallest absolute Gasteiger partial charge is 0.335 e. The predicted molar refractivity (Wildman–Crippen MR) is 106 cm³/mol. The summed E-state index contributed by atoms with van der Waals surface area (Å²) in [5.41, 5.74) is 3.01. The highest BCUT2D eigenvalue weighted by Crippen LogP contribution is 2.21. The zero-order valence-electron chi connectivity index (χ0n) is 14.5. The van der Waals surface area contributed by atoms with Gasteiger partial charge in [-0.2, -0.15) is 0 Å². The molecule has 0 aromatic heterocycles. The molecule has 1 heterocycles. The molecule has 0 atom stereocenters. The van der Waals surface area contributed by atoms with E-state index in [1.807, 2.05) is 19.1 Å². The average Bonchev–Trinajstić information content (AvgIpc) is 2.64. The molecule has 6 nitrogen and oxygen atoms in total. The van der Waals surface area contributed by atoms with Crippen molar-refractivity contribution >= 4 is 34.7 Å². The first-order chi connectivity index (χ1) is 12.4. The van der Waals surface area contributed by atoms with Gasteiger partial charge in [0.1, 0.15) is 5.75 Å². The number of phenols is 1. The number of aromatic hydroxyl groups is 1. The van der Waals surface area contributed by atoms with Gasteiger partial charge in [-0.05, 0) is 67.2 Å². The fraction of sp³-hybridized carbons (Fsp3) is 0.263. The van der Waals surface area contributed by atoms with Crippen molar-refractivity contribution in [2.75, 3.05) is 36.4 Å². The number of anilines is 2. The van der Waals surface area contributed by atoms with Crippen molar-refractivity contribution in [3.05, 3.63) is 53.6 Å². The second kappa shape index (κ2) is 7.61. The Morgan fingerprint density at radius 1 is 1.08 bits per heavy atom. The van der Waals surface area contributed by atoms with Crippen LogP contribution >= 0.6 is 12.2 Å². The summed E-state index contributed by atoms with van der Waals surface area (Å²) in [4.78, 5) is 15.4. The maximum atomic E-state index is 11.0. The van der Waals surface area contributed by atoms with Crippen molar-refractivity contribution in [1.82, 2.24) is 4.90 Å². The molecule has 0 unspecified atom stereocenters. The van der Waals surface area contributed by atoms with Crippen LogP contribution in [0.25, 0.3) is 0 Å². The zero-order valence-corrected chi connectivity index (χ0v) is 15.3. The minimum atomic E-state index is -0.937. The van der Waals surface area contributed by atoms with Crippen LogP contribution in [0.3, 0.4) is 0 Å². The lowest BCUT2D eigenvalue weighted by Gasteiger charge is -2.37. The van der Waals surface area contributed by atoms with Crippen molar-refractivity contribution in [2.45, 2.75) is 6.92 Å². The van der Waals surface area contributed by atoms with Gasteiger partial charge >= 0.3 is 5.97 Å². The van der Waals surface area contributed by atoms with Crippen LogP contribution in [0.5, 0.6) is 5.75 Å². The lowest BCUT2D eigenvalue weighted by atomic mass is 10.1. The molecule has 1 saturated heterocycles. The number of carbonyl (C=O) groups is 1. The lowest BCUT2D eigenvalue weighted by Crippen LogP contribution is -2.50. The summed E-state index contributed by atoms with van der Waals surface area (Å²) in [5.74, 6) is -0.672. The molecule has 136 valence electrons. The Hall–Kier alpha value is -2.80. The van der Waals surface area contributed by atoms with Gasteiger partial charge in [0.05, 0.1) is 5.56 Å². The van der Waals surface area contributed by atoms with E-state index < -0.39 is 5.97 Å². The molecule has 0 saturated carbocycles. The van der Waals surface area contributed by atoms with Gasteiger partial charge < -0.3 is 25.3 Å². The third-order valence-electron chi connectivity index (χ3n) is 4.50. The number of carboxylic acid groups (broad SMARTS) is 1. The first-order valence-electron chi connectivity index (χ1n) is 8.38. The zero-order chi connectivity index (χ0) is 18.7. The molecule has 0 radical (unpaired) electrons. The van der Waals surface area contributed by atoms with Crippen molar-refractivity contribution < 1.29 is 15.0 Å². The summed E-state index contributed by atoms with van der Waals surface area (Å²) in [6, 6.07) is 12.2. The highest BCUT2D eigenvalue weighted by Gasteiger charge is 2.19. The van der Waals surface area contributed by atoms with Gasteiger partial charge in [0.2, 0.25) is 0 Å². The second-order valence-electron chi connectivity index (χ2n) is 6.26. The fourth-order valence-electron chi connectivity index (χ4n) is 2.96. The van der Waals surface area contributed by atoms with E-state index in [9.17, 15) is 9.90 Å².